The highest BCUT2D eigenvalue weighted by atomic mass is 35.5. The lowest BCUT2D eigenvalue weighted by Gasteiger charge is -2.05. The van der Waals surface area contributed by atoms with E-state index in [0.29, 0.717) is 0 Å². The monoisotopic (exact) mass is 391 g/mol. The fraction of sp³-hybridized carbons (Fsp3) is 0.722. The molecule has 0 aliphatic carbocycles. The summed E-state index contributed by atoms with van der Waals surface area (Å²) in [6.45, 7) is 3.04. The van der Waals surface area contributed by atoms with E-state index in [4.69, 9.17) is 0 Å². The average molecular weight is 392 g/mol. The SMILES string of the molecule is CCCCCCCCCC=CCC[n+]1ccn(S(=O)(=O)N(C)C)c1.[Cl-]. The fourth-order valence-corrected chi connectivity index (χ4v) is 3.34. The molecule has 1 rings (SSSR count). The first-order chi connectivity index (χ1) is 11.5. The summed E-state index contributed by atoms with van der Waals surface area (Å²) in [4.78, 5) is 0. The van der Waals surface area contributed by atoms with Crippen molar-refractivity contribution < 1.29 is 25.4 Å². The third-order valence-electron chi connectivity index (χ3n) is 4.09. The minimum absolute atomic E-state index is 0. The lowest BCUT2D eigenvalue weighted by molar-refractivity contribution is -0.695. The Morgan fingerprint density at radius 2 is 1.60 bits per heavy atom. The van der Waals surface area contributed by atoms with Gasteiger partial charge in [0.1, 0.15) is 12.4 Å². The Labute approximate surface area is 160 Å². The standard InChI is InChI=1S/C18H34N3O2S.ClH/c1-4-5-6-7-8-9-10-11-12-13-14-15-20-16-17-21(18-20)24(22,23)19(2)3;/h12-13,16-18H,4-11,14-15H2,1-3H3;1H/q+1;/p-1. The van der Waals surface area contributed by atoms with Crippen molar-refractivity contribution in [3.05, 3.63) is 30.9 Å². The molecule has 0 amide bonds. The van der Waals surface area contributed by atoms with Crippen LogP contribution in [0.25, 0.3) is 0 Å². The molecule has 146 valence electrons. The van der Waals surface area contributed by atoms with Crippen molar-refractivity contribution in [3.63, 3.8) is 0 Å². The molecule has 5 nitrogen and oxygen atoms in total. The number of aryl methyl sites for hydroxylation is 1. The molecule has 1 aromatic heterocycles. The maximum absolute atomic E-state index is 12.0. The van der Waals surface area contributed by atoms with Gasteiger partial charge in [0.25, 0.3) is 6.33 Å². The highest BCUT2D eigenvalue weighted by molar-refractivity contribution is 7.87. The minimum Gasteiger partial charge on any atom is -1.00 e. The van der Waals surface area contributed by atoms with Gasteiger partial charge in [-0.25, -0.2) is 4.57 Å². The lowest BCUT2D eigenvalue weighted by Crippen LogP contribution is -3.00. The number of hydrogen-bond donors (Lipinski definition) is 0. The second-order valence-electron chi connectivity index (χ2n) is 6.44. The number of imidazole rings is 1. The third kappa shape index (κ3) is 9.42. The van der Waals surface area contributed by atoms with Crippen LogP contribution in [-0.2, 0) is 16.8 Å². The molecular weight excluding hydrogens is 358 g/mol. The smallest absolute Gasteiger partial charge is 0.379 e. The summed E-state index contributed by atoms with van der Waals surface area (Å²) < 4.78 is 28.3. The average Bonchev–Trinajstić information content (AvgIpc) is 3.02. The fourth-order valence-electron chi connectivity index (χ4n) is 2.51. The molecule has 0 N–H and O–H groups in total. The predicted octanol–water partition coefficient (Wildman–Crippen LogP) is 0.521. The van der Waals surface area contributed by atoms with Crippen LogP contribution in [-0.4, -0.2) is 30.8 Å². The predicted molar refractivity (Wildman–Crippen MR) is 99.0 cm³/mol. The number of allylic oxidation sites excluding steroid dienone is 2. The normalized spacial score (nSPS) is 12.0. The Morgan fingerprint density at radius 1 is 1.00 bits per heavy atom. The number of rotatable bonds is 13. The highest BCUT2D eigenvalue weighted by Gasteiger charge is 2.22. The van der Waals surface area contributed by atoms with E-state index in [9.17, 15) is 8.42 Å². The zero-order valence-electron chi connectivity index (χ0n) is 15.9. The Kier molecular flexibility index (Phi) is 12.9. The van der Waals surface area contributed by atoms with Gasteiger partial charge in [-0.2, -0.15) is 12.7 Å². The van der Waals surface area contributed by atoms with Crippen molar-refractivity contribution in [1.29, 1.82) is 0 Å². The molecule has 1 aromatic rings. The van der Waals surface area contributed by atoms with E-state index in [2.05, 4.69) is 19.1 Å². The van der Waals surface area contributed by atoms with Crippen LogP contribution in [0.1, 0.15) is 64.7 Å². The molecule has 0 spiro atoms. The third-order valence-corrected chi connectivity index (χ3v) is 5.76. The summed E-state index contributed by atoms with van der Waals surface area (Å²) >= 11 is 0. The van der Waals surface area contributed by atoms with Crippen LogP contribution in [0, 0.1) is 0 Å². The largest absolute Gasteiger partial charge is 1.00 e. The van der Waals surface area contributed by atoms with Gasteiger partial charge in [0.2, 0.25) is 0 Å². The second-order valence-corrected chi connectivity index (χ2v) is 8.49. The molecule has 0 saturated heterocycles. The van der Waals surface area contributed by atoms with Gasteiger partial charge in [-0.05, 0) is 12.8 Å². The van der Waals surface area contributed by atoms with Gasteiger partial charge in [0.15, 0.2) is 0 Å². The number of halogens is 1. The van der Waals surface area contributed by atoms with E-state index in [-0.39, 0.29) is 12.4 Å². The maximum atomic E-state index is 12.0. The van der Waals surface area contributed by atoms with Crippen LogP contribution in [0.15, 0.2) is 30.9 Å². The Bertz CT molecular complexity index is 583. The van der Waals surface area contributed by atoms with Gasteiger partial charge in [0.05, 0.1) is 6.54 Å². The van der Waals surface area contributed by atoms with Crippen LogP contribution in [0.2, 0.25) is 0 Å². The highest BCUT2D eigenvalue weighted by Crippen LogP contribution is 2.08. The molecule has 0 unspecified atom stereocenters. The zero-order chi connectivity index (χ0) is 17.8. The topological polar surface area (TPSA) is 46.2 Å². The molecule has 7 heteroatoms. The summed E-state index contributed by atoms with van der Waals surface area (Å²) in [5, 5.41) is 0. The molecule has 0 aliphatic rings. The number of unbranched alkanes of at least 4 members (excludes halogenated alkanes) is 7. The quantitative estimate of drug-likeness (QED) is 0.279. The van der Waals surface area contributed by atoms with Crippen LogP contribution < -0.4 is 17.0 Å². The molecule has 0 atom stereocenters. The van der Waals surface area contributed by atoms with Crippen LogP contribution in [0.5, 0.6) is 0 Å². The van der Waals surface area contributed by atoms with Crippen molar-refractivity contribution in [2.75, 3.05) is 14.1 Å². The van der Waals surface area contributed by atoms with E-state index in [1.807, 2.05) is 4.57 Å². The molecule has 0 radical (unpaired) electrons. The van der Waals surface area contributed by atoms with E-state index < -0.39 is 10.2 Å². The molecule has 0 saturated carbocycles. The van der Waals surface area contributed by atoms with Gasteiger partial charge >= 0.3 is 10.2 Å². The summed E-state index contributed by atoms with van der Waals surface area (Å²) in [5.74, 6) is 0. The second kappa shape index (κ2) is 13.4. The van der Waals surface area contributed by atoms with Crippen molar-refractivity contribution in [3.8, 4) is 0 Å². The first-order valence-electron chi connectivity index (χ1n) is 9.13. The van der Waals surface area contributed by atoms with Gasteiger partial charge in [-0.15, -0.1) is 3.97 Å². The molecule has 0 bridgehead atoms. The molecular formula is C18H34ClN3O2S. The van der Waals surface area contributed by atoms with Crippen LogP contribution in [0.3, 0.4) is 0 Å². The molecule has 25 heavy (non-hydrogen) atoms. The summed E-state index contributed by atoms with van der Waals surface area (Å²) in [6.07, 6.45) is 20.9. The number of nitrogens with zero attached hydrogens (tertiary/aromatic N) is 3. The van der Waals surface area contributed by atoms with Crippen molar-refractivity contribution in [1.82, 2.24) is 8.28 Å². The first kappa shape index (κ1) is 24.1. The Hall–Kier alpha value is -0.850. The number of hydrogen-bond acceptors (Lipinski definition) is 2. The van der Waals surface area contributed by atoms with Crippen molar-refractivity contribution >= 4 is 10.2 Å². The summed E-state index contributed by atoms with van der Waals surface area (Å²) in [5.41, 5.74) is 0. The Morgan fingerprint density at radius 3 is 2.24 bits per heavy atom. The van der Waals surface area contributed by atoms with Gasteiger partial charge in [-0.1, -0.05) is 57.6 Å². The minimum atomic E-state index is -3.40. The first-order valence-corrected chi connectivity index (χ1v) is 10.5. The van der Waals surface area contributed by atoms with E-state index in [0.717, 1.165) is 19.4 Å². The van der Waals surface area contributed by atoms with Crippen LogP contribution >= 0.6 is 0 Å². The molecule has 0 fully saturated rings. The summed E-state index contributed by atoms with van der Waals surface area (Å²) in [6, 6.07) is 0. The van der Waals surface area contributed by atoms with E-state index in [1.165, 1.54) is 67.3 Å². The zero-order valence-corrected chi connectivity index (χ0v) is 17.5. The summed E-state index contributed by atoms with van der Waals surface area (Å²) in [7, 11) is -0.331. The lowest BCUT2D eigenvalue weighted by atomic mass is 10.1. The Balaban J connectivity index is 0.00000576. The van der Waals surface area contributed by atoms with E-state index >= 15 is 0 Å². The molecule has 0 aliphatic heterocycles. The van der Waals surface area contributed by atoms with E-state index in [1.54, 1.807) is 18.7 Å². The van der Waals surface area contributed by atoms with Gasteiger partial charge in [0, 0.05) is 20.5 Å². The number of aromatic nitrogens is 2. The van der Waals surface area contributed by atoms with Gasteiger partial charge in [-0.3, -0.25) is 0 Å². The molecule has 1 heterocycles. The molecule has 0 aromatic carbocycles. The van der Waals surface area contributed by atoms with Crippen molar-refractivity contribution in [2.45, 2.75) is 71.3 Å². The van der Waals surface area contributed by atoms with Crippen LogP contribution in [0.4, 0.5) is 0 Å². The van der Waals surface area contributed by atoms with Crippen molar-refractivity contribution in [2.24, 2.45) is 0 Å². The van der Waals surface area contributed by atoms with Gasteiger partial charge < -0.3 is 12.4 Å². The maximum Gasteiger partial charge on any atom is 0.379 e.